The number of anilines is 1. The number of hydrogen-bond donors (Lipinski definition) is 3. The van der Waals surface area contributed by atoms with Gasteiger partial charge in [0.05, 0.1) is 33.3 Å². The summed E-state index contributed by atoms with van der Waals surface area (Å²) in [7, 11) is 1.66. The van der Waals surface area contributed by atoms with Crippen molar-refractivity contribution in [3.8, 4) is 5.75 Å². The first-order chi connectivity index (χ1) is 11.8. The Hall–Kier alpha value is -2.28. The van der Waals surface area contributed by atoms with Crippen LogP contribution in [0.1, 0.15) is 20.8 Å². The molecule has 1 fully saturated rings. The molecule has 7 nitrogen and oxygen atoms in total. The second kappa shape index (κ2) is 8.20. The highest BCUT2D eigenvalue weighted by Crippen LogP contribution is 2.18. The van der Waals surface area contributed by atoms with Crippen LogP contribution in [-0.4, -0.2) is 57.3 Å². The molecule has 0 saturated carbocycles. The van der Waals surface area contributed by atoms with E-state index in [0.717, 1.165) is 37.6 Å². The van der Waals surface area contributed by atoms with E-state index in [0.29, 0.717) is 6.54 Å². The largest absolute Gasteiger partial charge is 0.497 e. The Labute approximate surface area is 149 Å². The first-order valence-electron chi connectivity index (χ1n) is 8.61. The Morgan fingerprint density at radius 2 is 1.76 bits per heavy atom. The monoisotopic (exact) mass is 349 g/mol. The Bertz CT molecular complexity index is 587. The normalized spacial score (nSPS) is 15.6. The van der Waals surface area contributed by atoms with E-state index in [1.54, 1.807) is 7.11 Å². The second-order valence-corrected chi connectivity index (χ2v) is 7.36. The Morgan fingerprint density at radius 1 is 1.16 bits per heavy atom. The lowest BCUT2D eigenvalue weighted by Crippen LogP contribution is -3.16. The highest BCUT2D eigenvalue weighted by Gasteiger charge is 2.24. The van der Waals surface area contributed by atoms with Crippen molar-refractivity contribution in [3.63, 3.8) is 0 Å². The first-order valence-corrected chi connectivity index (χ1v) is 8.61. The van der Waals surface area contributed by atoms with Gasteiger partial charge in [0.15, 0.2) is 6.54 Å². The number of nitrogens with zero attached hydrogens (tertiary/aromatic N) is 1. The molecule has 1 heterocycles. The van der Waals surface area contributed by atoms with Crippen molar-refractivity contribution in [2.75, 3.05) is 44.7 Å². The number of rotatable bonds is 4. The van der Waals surface area contributed by atoms with Crippen molar-refractivity contribution >= 4 is 17.6 Å². The molecule has 0 spiro atoms. The fourth-order valence-electron chi connectivity index (χ4n) is 2.82. The molecule has 7 heteroatoms. The summed E-state index contributed by atoms with van der Waals surface area (Å²) < 4.78 is 5.18. The smallest absolute Gasteiger partial charge is 0.322 e. The molecular weight excluding hydrogens is 320 g/mol. The van der Waals surface area contributed by atoms with E-state index < -0.39 is 6.03 Å². The molecule has 2 rings (SSSR count). The third-order valence-electron chi connectivity index (χ3n) is 4.06. The fourth-order valence-corrected chi connectivity index (χ4v) is 2.82. The summed E-state index contributed by atoms with van der Waals surface area (Å²) in [6, 6.07) is 7.57. The molecule has 0 aliphatic carbocycles. The molecule has 25 heavy (non-hydrogen) atoms. The van der Waals surface area contributed by atoms with Crippen molar-refractivity contribution in [2.24, 2.45) is 0 Å². The molecule has 0 unspecified atom stereocenters. The molecular formula is C18H29N4O3+. The van der Waals surface area contributed by atoms with Gasteiger partial charge in [0, 0.05) is 11.2 Å². The van der Waals surface area contributed by atoms with Gasteiger partial charge in [-0.1, -0.05) is 0 Å². The standard InChI is InChI=1S/C18H28N4O3/c1-18(2,3)20-17(24)19-16(23)13-21-9-11-22(12-10-21)14-5-7-15(25-4)8-6-14/h5-8H,9-13H2,1-4H3,(H2,19,20,23,24)/p+1. The number of quaternary nitrogens is 1. The Kier molecular flexibility index (Phi) is 6.25. The van der Waals surface area contributed by atoms with E-state index in [1.807, 2.05) is 45.0 Å². The lowest BCUT2D eigenvalue weighted by molar-refractivity contribution is -0.892. The number of ether oxygens (including phenoxy) is 1. The van der Waals surface area contributed by atoms with Gasteiger partial charge >= 0.3 is 6.03 Å². The quantitative estimate of drug-likeness (QED) is 0.717. The minimum absolute atomic E-state index is 0.241. The molecule has 0 bridgehead atoms. The highest BCUT2D eigenvalue weighted by atomic mass is 16.5. The summed E-state index contributed by atoms with van der Waals surface area (Å²) in [6.07, 6.45) is 0. The van der Waals surface area contributed by atoms with E-state index in [4.69, 9.17) is 4.74 Å². The Morgan fingerprint density at radius 3 is 2.28 bits per heavy atom. The van der Waals surface area contributed by atoms with Gasteiger partial charge in [-0.2, -0.15) is 0 Å². The maximum atomic E-state index is 12.0. The third-order valence-corrected chi connectivity index (χ3v) is 4.06. The molecule has 0 aromatic heterocycles. The van der Waals surface area contributed by atoms with Crippen LogP contribution in [0.4, 0.5) is 10.5 Å². The van der Waals surface area contributed by atoms with Gasteiger partial charge in [0.25, 0.3) is 5.91 Å². The van der Waals surface area contributed by atoms with Crippen LogP contribution in [0.25, 0.3) is 0 Å². The Balaban J connectivity index is 1.76. The zero-order chi connectivity index (χ0) is 18.4. The van der Waals surface area contributed by atoms with Crippen LogP contribution < -0.4 is 25.2 Å². The van der Waals surface area contributed by atoms with Crippen LogP contribution in [0.15, 0.2) is 24.3 Å². The number of methoxy groups -OCH3 is 1. The van der Waals surface area contributed by atoms with Gasteiger partial charge < -0.3 is 19.9 Å². The molecule has 1 aliphatic rings. The van der Waals surface area contributed by atoms with E-state index in [2.05, 4.69) is 15.5 Å². The molecule has 3 N–H and O–H groups in total. The minimum Gasteiger partial charge on any atom is -0.497 e. The summed E-state index contributed by atoms with van der Waals surface area (Å²) in [5.74, 6) is 0.605. The van der Waals surface area contributed by atoms with E-state index >= 15 is 0 Å². The number of hydrogen-bond acceptors (Lipinski definition) is 4. The van der Waals surface area contributed by atoms with Crippen LogP contribution in [0, 0.1) is 0 Å². The predicted octanol–water partition coefficient (Wildman–Crippen LogP) is 0.0244. The number of amides is 3. The SMILES string of the molecule is COc1ccc(N2CC[NH+](CC(=O)NC(=O)NC(C)(C)C)CC2)cc1. The van der Waals surface area contributed by atoms with E-state index in [-0.39, 0.29) is 11.4 Å². The van der Waals surface area contributed by atoms with Crippen LogP contribution in [-0.2, 0) is 4.79 Å². The van der Waals surface area contributed by atoms with Crippen LogP contribution >= 0.6 is 0 Å². The van der Waals surface area contributed by atoms with Crippen molar-refractivity contribution in [1.29, 1.82) is 0 Å². The van der Waals surface area contributed by atoms with Crippen molar-refractivity contribution in [2.45, 2.75) is 26.3 Å². The van der Waals surface area contributed by atoms with Crippen molar-refractivity contribution in [3.05, 3.63) is 24.3 Å². The lowest BCUT2D eigenvalue weighted by atomic mass is 10.1. The number of urea groups is 1. The van der Waals surface area contributed by atoms with Crippen LogP contribution in [0.5, 0.6) is 5.75 Å². The predicted molar refractivity (Wildman–Crippen MR) is 97.2 cm³/mol. The second-order valence-electron chi connectivity index (χ2n) is 7.36. The number of carbonyl (C=O) groups is 2. The van der Waals surface area contributed by atoms with Crippen LogP contribution in [0.3, 0.4) is 0 Å². The number of piperazine rings is 1. The summed E-state index contributed by atoms with van der Waals surface area (Å²) in [4.78, 5) is 27.2. The molecule has 1 aromatic rings. The van der Waals surface area contributed by atoms with E-state index in [1.165, 1.54) is 4.90 Å². The molecule has 138 valence electrons. The molecule has 1 saturated heterocycles. The fraction of sp³-hybridized carbons (Fsp3) is 0.556. The molecule has 1 aliphatic heterocycles. The highest BCUT2D eigenvalue weighted by molar-refractivity contribution is 5.94. The number of carbonyl (C=O) groups excluding carboxylic acids is 2. The summed E-state index contributed by atoms with van der Waals surface area (Å²) >= 11 is 0. The maximum absolute atomic E-state index is 12.0. The van der Waals surface area contributed by atoms with Gasteiger partial charge in [-0.25, -0.2) is 4.79 Å². The van der Waals surface area contributed by atoms with Gasteiger partial charge in [0.2, 0.25) is 0 Å². The van der Waals surface area contributed by atoms with Gasteiger partial charge in [-0.15, -0.1) is 0 Å². The molecule has 0 atom stereocenters. The molecule has 1 aromatic carbocycles. The average Bonchev–Trinajstić information content (AvgIpc) is 2.53. The summed E-state index contributed by atoms with van der Waals surface area (Å²) in [6.45, 7) is 9.42. The maximum Gasteiger partial charge on any atom is 0.322 e. The van der Waals surface area contributed by atoms with Gasteiger partial charge in [-0.05, 0) is 45.0 Å². The first kappa shape index (κ1) is 19.1. The summed E-state index contributed by atoms with van der Waals surface area (Å²) in [5.41, 5.74) is 0.801. The summed E-state index contributed by atoms with van der Waals surface area (Å²) in [5, 5.41) is 5.13. The minimum atomic E-state index is -0.436. The average molecular weight is 349 g/mol. The zero-order valence-electron chi connectivity index (χ0n) is 15.5. The lowest BCUT2D eigenvalue weighted by Gasteiger charge is -2.33. The zero-order valence-corrected chi connectivity index (χ0v) is 15.5. The number of benzene rings is 1. The van der Waals surface area contributed by atoms with Crippen LogP contribution in [0.2, 0.25) is 0 Å². The topological polar surface area (TPSA) is 75.1 Å². The van der Waals surface area contributed by atoms with E-state index in [9.17, 15) is 9.59 Å². The number of nitrogens with one attached hydrogen (secondary N) is 3. The van der Waals surface area contributed by atoms with Gasteiger partial charge in [-0.3, -0.25) is 10.1 Å². The molecule has 0 radical (unpaired) electrons. The number of imide groups is 1. The van der Waals surface area contributed by atoms with Crippen molar-refractivity contribution in [1.82, 2.24) is 10.6 Å². The van der Waals surface area contributed by atoms with Gasteiger partial charge in [0.1, 0.15) is 5.75 Å². The third kappa shape index (κ3) is 6.26. The molecule has 3 amide bonds. The van der Waals surface area contributed by atoms with Crippen molar-refractivity contribution < 1.29 is 19.2 Å².